The predicted octanol–water partition coefficient (Wildman–Crippen LogP) is 3.52. The van der Waals surface area contributed by atoms with Crippen LogP contribution in [0.3, 0.4) is 0 Å². The Balaban J connectivity index is 1.63. The lowest BCUT2D eigenvalue weighted by molar-refractivity contribution is -0.941. The maximum absolute atomic E-state index is 10.4. The van der Waals surface area contributed by atoms with Crippen molar-refractivity contribution in [3.8, 4) is 5.75 Å². The number of aromatic hydroxyl groups is 1. The van der Waals surface area contributed by atoms with Gasteiger partial charge in [-0.2, -0.15) is 0 Å². The van der Waals surface area contributed by atoms with Crippen LogP contribution in [0.2, 0.25) is 0 Å². The molecule has 3 rings (SSSR count). The molecule has 2 atom stereocenters. The van der Waals surface area contributed by atoms with Crippen LogP contribution in [-0.4, -0.2) is 84.7 Å². The van der Waals surface area contributed by atoms with Gasteiger partial charge in [0, 0.05) is 18.2 Å². The van der Waals surface area contributed by atoms with Gasteiger partial charge in [-0.25, -0.2) is 0 Å². The van der Waals surface area contributed by atoms with Crippen LogP contribution in [0.15, 0.2) is 84.9 Å². The summed E-state index contributed by atoms with van der Waals surface area (Å²) in [6, 6.07) is 27.9. The van der Waals surface area contributed by atoms with Crippen LogP contribution in [0, 0.1) is 0 Å². The summed E-state index contributed by atoms with van der Waals surface area (Å²) < 4.78 is 12.7. The molecule has 0 aliphatic rings. The number of hydrogen-bond acceptors (Lipinski definition) is 6. The van der Waals surface area contributed by atoms with Crippen molar-refractivity contribution in [2.45, 2.75) is 38.6 Å². The van der Waals surface area contributed by atoms with Gasteiger partial charge in [-0.3, -0.25) is 5.32 Å². The van der Waals surface area contributed by atoms with Gasteiger partial charge in [0.1, 0.15) is 38.2 Å². The first-order valence-electron chi connectivity index (χ1n) is 13.9. The number of nitrogens with one attached hydrogen (secondary N) is 1. The molecule has 7 nitrogen and oxygen atoms in total. The summed E-state index contributed by atoms with van der Waals surface area (Å²) in [5, 5.41) is 33.6. The molecule has 2 unspecified atom stereocenters. The molecular formula is C32H45N2O5+. The topological polar surface area (TPSA) is 91.2 Å². The normalized spacial score (nSPS) is 13.3. The molecule has 4 N–H and O–H groups in total. The number of aliphatic hydroxyl groups is 2. The predicted molar refractivity (Wildman–Crippen MR) is 154 cm³/mol. The Labute approximate surface area is 233 Å². The Morgan fingerprint density at radius 1 is 0.769 bits per heavy atom. The van der Waals surface area contributed by atoms with Crippen molar-refractivity contribution >= 4 is 0 Å². The van der Waals surface area contributed by atoms with Crippen LogP contribution in [-0.2, 0) is 28.9 Å². The highest BCUT2D eigenvalue weighted by Gasteiger charge is 2.27. The molecule has 0 radical (unpaired) electrons. The molecule has 0 aromatic heterocycles. The summed E-state index contributed by atoms with van der Waals surface area (Å²) in [4.78, 5) is 0. The molecule has 0 heterocycles. The number of phenolic OH excluding ortho intramolecular Hbond substituents is 1. The fraction of sp³-hybridized carbons (Fsp3) is 0.438. The zero-order valence-electron chi connectivity index (χ0n) is 23.1. The van der Waals surface area contributed by atoms with Crippen molar-refractivity contribution in [1.29, 1.82) is 0 Å². The number of nitrogens with zero attached hydrogens (tertiary/aromatic N) is 1. The molecule has 0 fully saturated rings. The Bertz CT molecular complexity index is 1040. The van der Waals surface area contributed by atoms with E-state index in [4.69, 9.17) is 9.47 Å². The molecule has 0 saturated carbocycles. The van der Waals surface area contributed by atoms with E-state index in [-0.39, 0.29) is 25.5 Å². The number of ether oxygens (including phenoxy) is 2. The highest BCUT2D eigenvalue weighted by molar-refractivity contribution is 5.32. The summed E-state index contributed by atoms with van der Waals surface area (Å²) in [6.45, 7) is 5.92. The molecule has 0 aliphatic heterocycles. The molecule has 3 aromatic carbocycles. The first kappa shape index (κ1) is 30.8. The van der Waals surface area contributed by atoms with Gasteiger partial charge < -0.3 is 29.3 Å². The van der Waals surface area contributed by atoms with E-state index in [2.05, 4.69) is 29.6 Å². The summed E-state index contributed by atoms with van der Waals surface area (Å²) in [5.41, 5.74) is 3.26. The van der Waals surface area contributed by atoms with Gasteiger partial charge in [0.05, 0.1) is 26.4 Å². The monoisotopic (exact) mass is 537 g/mol. The Hall–Kier alpha value is -2.78. The summed E-state index contributed by atoms with van der Waals surface area (Å²) >= 11 is 0. The second-order valence-electron chi connectivity index (χ2n) is 10.0. The minimum atomic E-state index is -0.318. The second-order valence-corrected chi connectivity index (χ2v) is 10.0. The molecule has 0 bridgehead atoms. The van der Waals surface area contributed by atoms with Crippen LogP contribution in [0.5, 0.6) is 5.75 Å². The van der Waals surface area contributed by atoms with Gasteiger partial charge in [-0.1, -0.05) is 78.9 Å². The van der Waals surface area contributed by atoms with E-state index in [1.807, 2.05) is 61.5 Å². The van der Waals surface area contributed by atoms with Gasteiger partial charge in [0.25, 0.3) is 0 Å². The van der Waals surface area contributed by atoms with E-state index in [9.17, 15) is 15.3 Å². The number of rotatable bonds is 19. The highest BCUT2D eigenvalue weighted by atomic mass is 16.5. The second kappa shape index (κ2) is 17.0. The SMILES string of the molecule is CCOC(COCC[N+](CCO)(CCO)Cc1ccccc1)NC(Cc1ccccc1)Cc1ccccc1O. The van der Waals surface area contributed by atoms with Crippen LogP contribution in [0.1, 0.15) is 23.6 Å². The summed E-state index contributed by atoms with van der Waals surface area (Å²) in [7, 11) is 0. The fourth-order valence-electron chi connectivity index (χ4n) is 5.06. The number of para-hydroxylation sites is 1. The van der Waals surface area contributed by atoms with E-state index in [1.54, 1.807) is 6.07 Å². The maximum Gasteiger partial charge on any atom is 0.131 e. The lowest BCUT2D eigenvalue weighted by atomic mass is 9.98. The van der Waals surface area contributed by atoms with Gasteiger partial charge in [-0.05, 0) is 37.0 Å². The molecule has 0 amide bonds. The van der Waals surface area contributed by atoms with E-state index in [1.165, 1.54) is 11.1 Å². The van der Waals surface area contributed by atoms with Gasteiger partial charge >= 0.3 is 0 Å². The number of phenols is 1. The van der Waals surface area contributed by atoms with Crippen molar-refractivity contribution in [2.75, 3.05) is 52.7 Å². The Morgan fingerprint density at radius 2 is 1.38 bits per heavy atom. The van der Waals surface area contributed by atoms with Crippen LogP contribution in [0.25, 0.3) is 0 Å². The van der Waals surface area contributed by atoms with E-state index < -0.39 is 0 Å². The Kier molecular flexibility index (Phi) is 13.4. The number of quaternary nitrogens is 1. The quantitative estimate of drug-likeness (QED) is 0.106. The zero-order chi connectivity index (χ0) is 27.8. The van der Waals surface area contributed by atoms with Crippen molar-refractivity contribution < 1.29 is 29.3 Å². The van der Waals surface area contributed by atoms with Crippen LogP contribution < -0.4 is 5.32 Å². The first-order chi connectivity index (χ1) is 19.1. The van der Waals surface area contributed by atoms with Crippen molar-refractivity contribution in [2.24, 2.45) is 0 Å². The van der Waals surface area contributed by atoms with Crippen molar-refractivity contribution in [3.63, 3.8) is 0 Å². The highest BCUT2D eigenvalue weighted by Crippen LogP contribution is 2.20. The standard InChI is InChI=1S/C32H44N2O5/c1-2-39-32(26-38-22-19-34(17-20-35,18-21-36)25-28-13-7-4-8-14-28)33-30(23-27-11-5-3-6-12-27)24-29-15-9-10-16-31(29)37/h3-16,30,32-33,35-36H,2,17-26H2,1H3/p+1. The van der Waals surface area contributed by atoms with Crippen LogP contribution >= 0.6 is 0 Å². The molecule has 0 aliphatic carbocycles. The average Bonchev–Trinajstić information content (AvgIpc) is 2.94. The average molecular weight is 538 g/mol. The third-order valence-electron chi connectivity index (χ3n) is 7.06. The summed E-state index contributed by atoms with van der Waals surface area (Å²) in [6.07, 6.45) is 1.11. The minimum absolute atomic E-state index is 0.0255. The van der Waals surface area contributed by atoms with Gasteiger partial charge in [-0.15, -0.1) is 0 Å². The molecule has 39 heavy (non-hydrogen) atoms. The molecular weight excluding hydrogens is 492 g/mol. The van der Waals surface area contributed by atoms with Crippen molar-refractivity contribution in [3.05, 3.63) is 102 Å². The minimum Gasteiger partial charge on any atom is -0.508 e. The van der Waals surface area contributed by atoms with E-state index >= 15 is 0 Å². The fourth-order valence-corrected chi connectivity index (χ4v) is 5.06. The third kappa shape index (κ3) is 10.7. The lowest BCUT2D eigenvalue weighted by Crippen LogP contribution is -2.53. The Morgan fingerprint density at radius 3 is 2.00 bits per heavy atom. The van der Waals surface area contributed by atoms with Crippen LogP contribution in [0.4, 0.5) is 0 Å². The molecule has 7 heteroatoms. The lowest BCUT2D eigenvalue weighted by Gasteiger charge is -2.38. The molecule has 0 saturated heterocycles. The van der Waals surface area contributed by atoms with E-state index in [0.717, 1.165) is 18.5 Å². The van der Waals surface area contributed by atoms with Gasteiger partial charge in [0.2, 0.25) is 0 Å². The maximum atomic E-state index is 10.4. The number of hydrogen-bond donors (Lipinski definition) is 4. The molecule has 3 aromatic rings. The molecule has 212 valence electrons. The summed E-state index contributed by atoms with van der Waals surface area (Å²) in [5.74, 6) is 0.293. The number of benzene rings is 3. The smallest absolute Gasteiger partial charge is 0.131 e. The first-order valence-corrected chi connectivity index (χ1v) is 13.9. The largest absolute Gasteiger partial charge is 0.508 e. The van der Waals surface area contributed by atoms with E-state index in [0.29, 0.717) is 56.1 Å². The molecule has 0 spiro atoms. The zero-order valence-corrected chi connectivity index (χ0v) is 23.1. The third-order valence-corrected chi connectivity index (χ3v) is 7.06. The van der Waals surface area contributed by atoms with Gasteiger partial charge in [0.15, 0.2) is 0 Å². The van der Waals surface area contributed by atoms with Crippen molar-refractivity contribution in [1.82, 2.24) is 5.32 Å². The number of aliphatic hydroxyl groups excluding tert-OH is 2.